The van der Waals surface area contributed by atoms with Gasteiger partial charge in [0, 0.05) is 32.5 Å². The number of thiazole rings is 1. The molecule has 0 unspecified atom stereocenters. The number of anilines is 1. The number of nitrogens with one attached hydrogen (secondary N) is 1. The predicted octanol–water partition coefficient (Wildman–Crippen LogP) is 4.65. The summed E-state index contributed by atoms with van der Waals surface area (Å²) in [5.74, 6) is 0. The number of pyridine rings is 1. The molecule has 4 nitrogen and oxygen atoms in total. The van der Waals surface area contributed by atoms with Gasteiger partial charge in [0.2, 0.25) is 5.13 Å². The second-order valence-corrected chi connectivity index (χ2v) is 6.69. The third-order valence-corrected chi connectivity index (χ3v) is 4.53. The summed E-state index contributed by atoms with van der Waals surface area (Å²) in [5, 5.41) is 7.18. The van der Waals surface area contributed by atoms with Crippen LogP contribution in [0.4, 0.5) is 5.13 Å². The molecule has 2 heterocycles. The van der Waals surface area contributed by atoms with E-state index in [9.17, 15) is 0 Å². The third-order valence-electron chi connectivity index (χ3n) is 3.06. The monoisotopic (exact) mass is 420 g/mol. The van der Waals surface area contributed by atoms with Crippen LogP contribution >= 0.6 is 33.9 Å². The molecule has 3 aromatic rings. The molecule has 6 heteroatoms. The smallest absolute Gasteiger partial charge is 0.203 e. The van der Waals surface area contributed by atoms with Crippen molar-refractivity contribution >= 4 is 44.8 Å². The van der Waals surface area contributed by atoms with Crippen LogP contribution in [-0.4, -0.2) is 15.7 Å². The van der Waals surface area contributed by atoms with Gasteiger partial charge in [0.05, 0.1) is 11.4 Å². The van der Waals surface area contributed by atoms with Crippen LogP contribution in [0.1, 0.15) is 12.5 Å². The van der Waals surface area contributed by atoms with Crippen molar-refractivity contribution in [2.75, 3.05) is 5.43 Å². The fourth-order valence-corrected chi connectivity index (χ4v) is 2.89. The van der Waals surface area contributed by atoms with Crippen molar-refractivity contribution in [3.63, 3.8) is 0 Å². The minimum absolute atomic E-state index is 0.780. The molecule has 0 radical (unpaired) electrons. The molecule has 0 bridgehead atoms. The molecule has 0 spiro atoms. The first kappa shape index (κ1) is 15.1. The largest absolute Gasteiger partial charge is 0.265 e. The number of aromatic nitrogens is 2. The number of hydrazone groups is 1. The maximum absolute atomic E-state index is 4.56. The van der Waals surface area contributed by atoms with Gasteiger partial charge in [-0.3, -0.25) is 10.4 Å². The number of benzene rings is 1. The lowest BCUT2D eigenvalue weighted by molar-refractivity contribution is 1.26. The van der Waals surface area contributed by atoms with Crippen LogP contribution in [0.5, 0.6) is 0 Å². The van der Waals surface area contributed by atoms with Gasteiger partial charge in [-0.05, 0) is 53.8 Å². The van der Waals surface area contributed by atoms with Crippen LogP contribution < -0.4 is 5.43 Å². The van der Waals surface area contributed by atoms with Gasteiger partial charge in [-0.2, -0.15) is 5.10 Å². The van der Waals surface area contributed by atoms with Crippen LogP contribution in [0, 0.1) is 3.57 Å². The third kappa shape index (κ3) is 3.69. The fourth-order valence-electron chi connectivity index (χ4n) is 1.87. The molecular weight excluding hydrogens is 407 g/mol. The fraction of sp³-hybridized carbons (Fsp3) is 0.0625. The Balaban J connectivity index is 1.73. The van der Waals surface area contributed by atoms with Crippen molar-refractivity contribution in [3.05, 3.63) is 63.3 Å². The van der Waals surface area contributed by atoms with Gasteiger partial charge in [-0.25, -0.2) is 4.98 Å². The van der Waals surface area contributed by atoms with Crippen molar-refractivity contribution in [2.45, 2.75) is 6.92 Å². The van der Waals surface area contributed by atoms with E-state index in [2.05, 4.69) is 67.4 Å². The Labute approximate surface area is 146 Å². The molecule has 22 heavy (non-hydrogen) atoms. The van der Waals surface area contributed by atoms with E-state index in [0.717, 1.165) is 27.7 Å². The molecule has 1 N–H and O–H groups in total. The van der Waals surface area contributed by atoms with Crippen LogP contribution in [0.15, 0.2) is 59.3 Å². The summed E-state index contributed by atoms with van der Waals surface area (Å²) in [6.07, 6.45) is 3.51. The van der Waals surface area contributed by atoms with Gasteiger partial charge in [0.25, 0.3) is 0 Å². The molecule has 0 atom stereocenters. The van der Waals surface area contributed by atoms with Gasteiger partial charge in [-0.15, -0.1) is 11.3 Å². The molecule has 0 aliphatic carbocycles. The number of halogens is 1. The van der Waals surface area contributed by atoms with Gasteiger partial charge in [-0.1, -0.05) is 12.1 Å². The highest BCUT2D eigenvalue weighted by Crippen LogP contribution is 2.25. The number of hydrogen-bond acceptors (Lipinski definition) is 5. The molecule has 2 aromatic heterocycles. The first-order valence-corrected chi connectivity index (χ1v) is 8.60. The van der Waals surface area contributed by atoms with Crippen molar-refractivity contribution < 1.29 is 0 Å². The van der Waals surface area contributed by atoms with Gasteiger partial charge >= 0.3 is 0 Å². The van der Waals surface area contributed by atoms with Gasteiger partial charge < -0.3 is 0 Å². The average Bonchev–Trinajstić information content (AvgIpc) is 3.03. The Kier molecular flexibility index (Phi) is 4.79. The summed E-state index contributed by atoms with van der Waals surface area (Å²) in [4.78, 5) is 8.56. The zero-order chi connectivity index (χ0) is 15.4. The second kappa shape index (κ2) is 6.97. The summed E-state index contributed by atoms with van der Waals surface area (Å²) in [6.45, 7) is 1.95. The molecule has 0 saturated carbocycles. The Morgan fingerprint density at radius 2 is 1.86 bits per heavy atom. The highest BCUT2D eigenvalue weighted by molar-refractivity contribution is 14.1. The molecule has 1 aromatic carbocycles. The zero-order valence-corrected chi connectivity index (χ0v) is 14.8. The first-order valence-electron chi connectivity index (χ1n) is 6.64. The number of nitrogens with zero attached hydrogens (tertiary/aromatic N) is 3. The van der Waals surface area contributed by atoms with E-state index in [1.165, 1.54) is 3.57 Å². The highest BCUT2D eigenvalue weighted by atomic mass is 127. The van der Waals surface area contributed by atoms with Crippen LogP contribution in [-0.2, 0) is 0 Å². The Hall–Kier alpha value is -1.80. The normalized spacial score (nSPS) is 11.5. The van der Waals surface area contributed by atoms with Crippen LogP contribution in [0.3, 0.4) is 0 Å². The quantitative estimate of drug-likeness (QED) is 0.380. The van der Waals surface area contributed by atoms with Crippen LogP contribution in [0.2, 0.25) is 0 Å². The van der Waals surface area contributed by atoms with E-state index in [4.69, 9.17) is 0 Å². The Morgan fingerprint density at radius 1 is 1.14 bits per heavy atom. The average molecular weight is 420 g/mol. The van der Waals surface area contributed by atoms with E-state index in [-0.39, 0.29) is 0 Å². The molecule has 0 fully saturated rings. The zero-order valence-electron chi connectivity index (χ0n) is 11.8. The van der Waals surface area contributed by atoms with E-state index in [1.807, 2.05) is 24.4 Å². The van der Waals surface area contributed by atoms with Crippen molar-refractivity contribution in [1.82, 2.24) is 9.97 Å². The lowest BCUT2D eigenvalue weighted by atomic mass is 10.2. The summed E-state index contributed by atoms with van der Waals surface area (Å²) in [5.41, 5.74) is 7.02. The van der Waals surface area contributed by atoms with E-state index in [1.54, 1.807) is 23.7 Å². The van der Waals surface area contributed by atoms with E-state index < -0.39 is 0 Å². The van der Waals surface area contributed by atoms with Crippen molar-refractivity contribution in [1.29, 1.82) is 0 Å². The molecular formula is C16H13IN4S. The van der Waals surface area contributed by atoms with Crippen molar-refractivity contribution in [3.8, 4) is 11.3 Å². The molecule has 0 aliphatic rings. The van der Waals surface area contributed by atoms with Crippen LogP contribution in [0.25, 0.3) is 11.3 Å². The lowest BCUT2D eigenvalue weighted by Crippen LogP contribution is -1.99. The summed E-state index contributed by atoms with van der Waals surface area (Å²) in [7, 11) is 0. The lowest BCUT2D eigenvalue weighted by Gasteiger charge is -2.00. The predicted molar refractivity (Wildman–Crippen MR) is 100 cm³/mol. The van der Waals surface area contributed by atoms with Crippen molar-refractivity contribution in [2.24, 2.45) is 5.10 Å². The minimum atomic E-state index is 0.780. The molecule has 0 aliphatic heterocycles. The summed E-state index contributed by atoms with van der Waals surface area (Å²) < 4.78 is 1.22. The SMILES string of the molecule is C/C(=N\Nc1nc(-c2ccc(I)cc2)cs1)c1ccncc1. The standard InChI is InChI=1S/C16H13IN4S/c1-11(12-6-8-18-9-7-12)20-21-16-19-15(10-22-16)13-2-4-14(17)5-3-13/h2-10H,1H3,(H,19,21)/b20-11+. The molecule has 0 amide bonds. The maximum atomic E-state index is 4.56. The Morgan fingerprint density at radius 3 is 2.59 bits per heavy atom. The highest BCUT2D eigenvalue weighted by Gasteiger charge is 2.04. The van der Waals surface area contributed by atoms with E-state index >= 15 is 0 Å². The summed E-state index contributed by atoms with van der Waals surface area (Å²) >= 11 is 3.84. The van der Waals surface area contributed by atoms with Gasteiger partial charge in [0.1, 0.15) is 0 Å². The minimum Gasteiger partial charge on any atom is -0.265 e. The first-order chi connectivity index (χ1) is 10.7. The maximum Gasteiger partial charge on any atom is 0.203 e. The molecule has 0 saturated heterocycles. The molecule has 110 valence electrons. The summed E-state index contributed by atoms with van der Waals surface area (Å²) in [6, 6.07) is 12.2. The Bertz CT molecular complexity index is 781. The molecule has 3 rings (SSSR count). The van der Waals surface area contributed by atoms with E-state index in [0.29, 0.717) is 0 Å². The number of rotatable bonds is 4. The second-order valence-electron chi connectivity index (χ2n) is 4.59. The van der Waals surface area contributed by atoms with Gasteiger partial charge in [0.15, 0.2) is 0 Å². The topological polar surface area (TPSA) is 50.2 Å². The number of hydrogen-bond donors (Lipinski definition) is 1.